The molecular formula is C26H29N5O2. The Morgan fingerprint density at radius 3 is 2.39 bits per heavy atom. The molecule has 0 radical (unpaired) electrons. The summed E-state index contributed by atoms with van der Waals surface area (Å²) in [6.45, 7) is 4.01. The summed E-state index contributed by atoms with van der Waals surface area (Å²) in [5.41, 5.74) is 4.52. The Labute approximate surface area is 194 Å². The van der Waals surface area contributed by atoms with Crippen LogP contribution in [0.3, 0.4) is 0 Å². The highest BCUT2D eigenvalue weighted by Gasteiger charge is 2.23. The van der Waals surface area contributed by atoms with Crippen molar-refractivity contribution in [1.82, 2.24) is 15.6 Å². The van der Waals surface area contributed by atoms with Gasteiger partial charge in [-0.2, -0.15) is 0 Å². The number of pyridine rings is 1. The highest BCUT2D eigenvalue weighted by Crippen LogP contribution is 2.24. The Hall–Kier alpha value is -3.87. The molecule has 1 aliphatic rings. The number of anilines is 2. The molecule has 0 saturated carbocycles. The average Bonchev–Trinajstić information content (AvgIpc) is 2.85. The predicted molar refractivity (Wildman–Crippen MR) is 130 cm³/mol. The Morgan fingerprint density at radius 1 is 0.970 bits per heavy atom. The van der Waals surface area contributed by atoms with Gasteiger partial charge in [0, 0.05) is 49.4 Å². The first-order chi connectivity index (χ1) is 16.1. The highest BCUT2D eigenvalue weighted by atomic mass is 16.2. The maximum absolute atomic E-state index is 12.9. The van der Waals surface area contributed by atoms with Crippen LogP contribution in [0.15, 0.2) is 73.1 Å². The molecule has 1 fully saturated rings. The third-order valence-corrected chi connectivity index (χ3v) is 5.83. The van der Waals surface area contributed by atoms with Gasteiger partial charge in [0.05, 0.1) is 5.56 Å². The lowest BCUT2D eigenvalue weighted by Crippen LogP contribution is -2.46. The molecule has 170 valence electrons. The summed E-state index contributed by atoms with van der Waals surface area (Å²) in [5, 5.41) is 8.96. The van der Waals surface area contributed by atoms with E-state index in [1.165, 1.54) is 0 Å². The second-order valence-corrected chi connectivity index (χ2v) is 8.28. The summed E-state index contributed by atoms with van der Waals surface area (Å²) < 4.78 is 0. The van der Waals surface area contributed by atoms with Crippen molar-refractivity contribution < 1.29 is 9.59 Å². The number of carbonyl (C=O) groups excluding carboxylic acids is 2. The molecule has 3 N–H and O–H groups in total. The number of nitrogens with zero attached hydrogens (tertiary/aromatic N) is 2. The van der Waals surface area contributed by atoms with Crippen molar-refractivity contribution in [3.63, 3.8) is 0 Å². The molecule has 2 heterocycles. The number of carbonyl (C=O) groups is 2. The van der Waals surface area contributed by atoms with Crippen LogP contribution < -0.4 is 20.9 Å². The van der Waals surface area contributed by atoms with Crippen molar-refractivity contribution >= 4 is 23.3 Å². The molecule has 7 nitrogen and oxygen atoms in total. The maximum Gasteiger partial charge on any atom is 0.319 e. The molecule has 7 heteroatoms. The van der Waals surface area contributed by atoms with Crippen LogP contribution in [-0.2, 0) is 6.54 Å². The molecule has 1 aliphatic heterocycles. The van der Waals surface area contributed by atoms with E-state index in [0.717, 1.165) is 48.4 Å². The zero-order valence-corrected chi connectivity index (χ0v) is 18.8. The Morgan fingerprint density at radius 2 is 1.67 bits per heavy atom. The number of aromatic nitrogens is 1. The molecule has 0 aliphatic carbocycles. The van der Waals surface area contributed by atoms with Gasteiger partial charge >= 0.3 is 6.03 Å². The van der Waals surface area contributed by atoms with Crippen LogP contribution in [0.2, 0.25) is 0 Å². The summed E-state index contributed by atoms with van der Waals surface area (Å²) in [7, 11) is 0. The van der Waals surface area contributed by atoms with Crippen molar-refractivity contribution in [2.24, 2.45) is 0 Å². The quantitative estimate of drug-likeness (QED) is 0.535. The van der Waals surface area contributed by atoms with Gasteiger partial charge in [-0.3, -0.25) is 9.78 Å². The topological polar surface area (TPSA) is 86.4 Å². The number of nitrogens with one attached hydrogen (secondary N) is 3. The third kappa shape index (κ3) is 6.10. The Balaban J connectivity index is 1.31. The van der Waals surface area contributed by atoms with Gasteiger partial charge in [-0.25, -0.2) is 4.79 Å². The lowest BCUT2D eigenvalue weighted by molar-refractivity contribution is 0.0951. The number of hydrogen-bond acceptors (Lipinski definition) is 4. The first-order valence-corrected chi connectivity index (χ1v) is 11.2. The van der Waals surface area contributed by atoms with Gasteiger partial charge in [0.2, 0.25) is 0 Å². The van der Waals surface area contributed by atoms with E-state index in [4.69, 9.17) is 0 Å². The number of amides is 3. The van der Waals surface area contributed by atoms with E-state index in [2.05, 4.69) is 25.8 Å². The number of urea groups is 1. The smallest absolute Gasteiger partial charge is 0.319 e. The van der Waals surface area contributed by atoms with Gasteiger partial charge in [-0.1, -0.05) is 29.8 Å². The maximum atomic E-state index is 12.9. The summed E-state index contributed by atoms with van der Waals surface area (Å²) >= 11 is 0. The monoisotopic (exact) mass is 443 g/mol. The molecular weight excluding hydrogens is 414 g/mol. The molecule has 33 heavy (non-hydrogen) atoms. The number of hydrogen-bond donors (Lipinski definition) is 3. The van der Waals surface area contributed by atoms with Crippen molar-refractivity contribution in [3.05, 3.63) is 89.7 Å². The lowest BCUT2D eigenvalue weighted by atomic mass is 10.0. The van der Waals surface area contributed by atoms with E-state index in [0.29, 0.717) is 12.1 Å². The molecule has 0 spiro atoms. The van der Waals surface area contributed by atoms with Crippen LogP contribution in [0.1, 0.15) is 34.3 Å². The zero-order chi connectivity index (χ0) is 23.0. The van der Waals surface area contributed by atoms with Gasteiger partial charge in [-0.05, 0) is 61.7 Å². The SMILES string of the molecule is Cc1ccc(NC(=O)NC2CCN(c3ccccc3C(=O)NCc3ccncc3)CC2)cc1. The summed E-state index contributed by atoms with van der Waals surface area (Å²) in [6.07, 6.45) is 5.06. The van der Waals surface area contributed by atoms with E-state index in [1.54, 1.807) is 12.4 Å². The normalized spacial score (nSPS) is 13.9. The molecule has 4 rings (SSSR count). The van der Waals surface area contributed by atoms with E-state index in [9.17, 15) is 9.59 Å². The third-order valence-electron chi connectivity index (χ3n) is 5.83. The van der Waals surface area contributed by atoms with Crippen LogP contribution in [0.25, 0.3) is 0 Å². The van der Waals surface area contributed by atoms with E-state index >= 15 is 0 Å². The minimum atomic E-state index is -0.187. The van der Waals surface area contributed by atoms with E-state index < -0.39 is 0 Å². The summed E-state index contributed by atoms with van der Waals surface area (Å²) in [4.78, 5) is 31.4. The second-order valence-electron chi connectivity index (χ2n) is 8.28. The Kier molecular flexibility index (Phi) is 7.19. The molecule has 0 atom stereocenters. The minimum absolute atomic E-state index is 0.0966. The molecule has 3 amide bonds. The van der Waals surface area contributed by atoms with Crippen LogP contribution >= 0.6 is 0 Å². The van der Waals surface area contributed by atoms with Gasteiger partial charge < -0.3 is 20.9 Å². The lowest BCUT2D eigenvalue weighted by Gasteiger charge is -2.34. The number of aryl methyl sites for hydroxylation is 1. The molecule has 3 aromatic rings. The van der Waals surface area contributed by atoms with Gasteiger partial charge in [-0.15, -0.1) is 0 Å². The number of piperidine rings is 1. The predicted octanol–water partition coefficient (Wildman–Crippen LogP) is 4.11. The number of benzene rings is 2. The van der Waals surface area contributed by atoms with Crippen LogP contribution in [0.5, 0.6) is 0 Å². The summed E-state index contributed by atoms with van der Waals surface area (Å²) in [5.74, 6) is -0.0971. The van der Waals surface area contributed by atoms with Gasteiger partial charge in [0.1, 0.15) is 0 Å². The standard InChI is InChI=1S/C26H29N5O2/c1-19-6-8-21(9-7-19)29-26(33)30-22-12-16-31(17-13-22)24-5-3-2-4-23(24)25(32)28-18-20-10-14-27-15-11-20/h2-11,14-15,22H,12-13,16-18H2,1H3,(H,28,32)(H2,29,30,33). The molecule has 1 aromatic heterocycles. The highest BCUT2D eigenvalue weighted by molar-refractivity contribution is 5.99. The largest absolute Gasteiger partial charge is 0.371 e. The molecule has 2 aromatic carbocycles. The van der Waals surface area contributed by atoms with Crippen molar-refractivity contribution in [3.8, 4) is 0 Å². The molecule has 1 saturated heterocycles. The number of para-hydroxylation sites is 1. The fourth-order valence-electron chi connectivity index (χ4n) is 3.97. The summed E-state index contributed by atoms with van der Waals surface area (Å²) in [6, 6.07) is 19.1. The first kappa shape index (κ1) is 22.3. The number of rotatable bonds is 6. The van der Waals surface area contributed by atoms with Crippen LogP contribution in [0.4, 0.5) is 16.2 Å². The molecule has 0 bridgehead atoms. The zero-order valence-electron chi connectivity index (χ0n) is 18.8. The first-order valence-electron chi connectivity index (χ1n) is 11.2. The van der Waals surface area contributed by atoms with Gasteiger partial charge in [0.15, 0.2) is 0 Å². The molecule has 0 unspecified atom stereocenters. The average molecular weight is 444 g/mol. The van der Waals surface area contributed by atoms with Crippen LogP contribution in [-0.4, -0.2) is 36.1 Å². The fraction of sp³-hybridized carbons (Fsp3) is 0.269. The van der Waals surface area contributed by atoms with E-state index in [1.807, 2.05) is 67.6 Å². The minimum Gasteiger partial charge on any atom is -0.371 e. The van der Waals surface area contributed by atoms with Crippen molar-refractivity contribution in [2.45, 2.75) is 32.4 Å². The van der Waals surface area contributed by atoms with Crippen molar-refractivity contribution in [1.29, 1.82) is 0 Å². The fourth-order valence-corrected chi connectivity index (χ4v) is 3.97. The van der Waals surface area contributed by atoms with E-state index in [-0.39, 0.29) is 18.0 Å². The Bertz CT molecular complexity index is 1080. The van der Waals surface area contributed by atoms with Gasteiger partial charge in [0.25, 0.3) is 5.91 Å². The van der Waals surface area contributed by atoms with Crippen molar-refractivity contribution in [2.75, 3.05) is 23.3 Å². The van der Waals surface area contributed by atoms with Crippen LogP contribution in [0, 0.1) is 6.92 Å². The second kappa shape index (κ2) is 10.6.